The second-order valence-electron chi connectivity index (χ2n) is 4.34. The smallest absolute Gasteiger partial charge is 0.233 e. The van der Waals surface area contributed by atoms with Crippen LogP contribution in [-0.2, 0) is 10.0 Å². The zero-order chi connectivity index (χ0) is 17.9. The molecule has 0 bridgehead atoms. The summed E-state index contributed by atoms with van der Waals surface area (Å²) in [6, 6.07) is 3.52. The van der Waals surface area contributed by atoms with Crippen LogP contribution in [0, 0.1) is 5.82 Å². The molecular weight excluding hydrogens is 367 g/mol. The fraction of sp³-hybridized carbons (Fsp3) is 0.182. The monoisotopic (exact) mass is 378 g/mol. The minimum atomic E-state index is -3.94. The third-order valence-corrected chi connectivity index (χ3v) is 4.63. The summed E-state index contributed by atoms with van der Waals surface area (Å²) in [5.74, 6) is -0.976. The second-order valence-corrected chi connectivity index (χ2v) is 6.75. The van der Waals surface area contributed by atoms with E-state index in [0.29, 0.717) is 0 Å². The van der Waals surface area contributed by atoms with E-state index in [1.165, 1.54) is 19.2 Å². The van der Waals surface area contributed by atoms with Gasteiger partial charge in [0.05, 0.1) is 10.7 Å². The Bertz CT molecular complexity index is 871. The Morgan fingerprint density at radius 2 is 2.21 bits per heavy atom. The van der Waals surface area contributed by atoms with Crippen molar-refractivity contribution in [1.29, 1.82) is 0 Å². The van der Waals surface area contributed by atoms with Gasteiger partial charge in [0, 0.05) is 0 Å². The highest BCUT2D eigenvalue weighted by Gasteiger charge is 2.30. The van der Waals surface area contributed by atoms with Crippen LogP contribution in [0.2, 0.25) is 5.02 Å². The van der Waals surface area contributed by atoms with Gasteiger partial charge in [-0.15, -0.1) is 0 Å². The van der Waals surface area contributed by atoms with Crippen molar-refractivity contribution in [2.24, 2.45) is 10.7 Å². The Balaban J connectivity index is 2.47. The van der Waals surface area contributed by atoms with E-state index < -0.39 is 21.2 Å². The summed E-state index contributed by atoms with van der Waals surface area (Å²) in [4.78, 5) is 3.94. The van der Waals surface area contributed by atoms with Crippen molar-refractivity contribution in [2.75, 3.05) is 7.05 Å². The molecule has 0 aliphatic heterocycles. The third kappa shape index (κ3) is 3.68. The SMILES string of the molecule is CNS(=O)(=O)C(N)c1nonc1C(=Nc1ccc(F)c(Cl)c1)NO. The number of nitrogens with one attached hydrogen (secondary N) is 2. The van der Waals surface area contributed by atoms with E-state index in [1.54, 1.807) is 5.48 Å². The first-order valence-electron chi connectivity index (χ1n) is 6.24. The average Bonchev–Trinajstić information content (AvgIpc) is 3.04. The number of aromatic nitrogens is 2. The molecule has 2 rings (SSSR count). The van der Waals surface area contributed by atoms with Crippen molar-refractivity contribution in [1.82, 2.24) is 20.5 Å². The van der Waals surface area contributed by atoms with E-state index in [0.717, 1.165) is 6.07 Å². The van der Waals surface area contributed by atoms with Gasteiger partial charge in [0.25, 0.3) is 0 Å². The number of amidine groups is 1. The van der Waals surface area contributed by atoms with Gasteiger partial charge in [0.1, 0.15) is 11.5 Å². The standard InChI is InChI=1S/C11H12ClFN6O4S/c1-15-24(21,22)10(14)8-9(19-23-18-8)11(17-20)16-5-2-3-7(13)6(12)4-5/h2-4,10,15,20H,14H2,1H3,(H,16,17). The van der Waals surface area contributed by atoms with Gasteiger partial charge in [-0.25, -0.2) is 27.2 Å². The molecule has 13 heteroatoms. The van der Waals surface area contributed by atoms with Crippen LogP contribution in [0.3, 0.4) is 0 Å². The molecule has 1 aromatic carbocycles. The molecule has 24 heavy (non-hydrogen) atoms. The van der Waals surface area contributed by atoms with Crippen molar-refractivity contribution in [2.45, 2.75) is 5.37 Å². The molecule has 130 valence electrons. The molecule has 2 aromatic rings. The summed E-state index contributed by atoms with van der Waals surface area (Å²) < 4.78 is 43.2. The maximum absolute atomic E-state index is 13.2. The van der Waals surface area contributed by atoms with Crippen molar-refractivity contribution in [3.63, 3.8) is 0 Å². The normalized spacial score (nSPS) is 13.8. The number of rotatable bonds is 5. The third-order valence-electron chi connectivity index (χ3n) is 2.88. The lowest BCUT2D eigenvalue weighted by atomic mass is 10.3. The number of benzene rings is 1. The van der Waals surface area contributed by atoms with E-state index in [4.69, 9.17) is 17.3 Å². The Morgan fingerprint density at radius 1 is 1.50 bits per heavy atom. The minimum Gasteiger partial charge on any atom is -0.309 e. The fourth-order valence-electron chi connectivity index (χ4n) is 1.63. The molecule has 0 saturated heterocycles. The first kappa shape index (κ1) is 18.2. The van der Waals surface area contributed by atoms with Gasteiger partial charge >= 0.3 is 0 Å². The molecule has 1 unspecified atom stereocenters. The molecule has 0 radical (unpaired) electrons. The molecule has 0 amide bonds. The van der Waals surface area contributed by atoms with E-state index in [2.05, 4.69) is 19.9 Å². The minimum absolute atomic E-state index is 0.150. The van der Waals surface area contributed by atoms with E-state index in [-0.39, 0.29) is 27.9 Å². The Kier molecular flexibility index (Phi) is 5.46. The van der Waals surface area contributed by atoms with Crippen LogP contribution in [0.4, 0.5) is 10.1 Å². The van der Waals surface area contributed by atoms with E-state index in [9.17, 15) is 18.0 Å². The van der Waals surface area contributed by atoms with Crippen LogP contribution in [0.25, 0.3) is 0 Å². The van der Waals surface area contributed by atoms with Crippen LogP contribution in [0.15, 0.2) is 27.8 Å². The number of nitrogens with two attached hydrogens (primary N) is 1. The Morgan fingerprint density at radius 3 is 2.79 bits per heavy atom. The summed E-state index contributed by atoms with van der Waals surface area (Å²) in [5.41, 5.74) is 6.95. The molecule has 5 N–H and O–H groups in total. The molecular formula is C11H12ClFN6O4S. The van der Waals surface area contributed by atoms with Gasteiger partial charge in [0.15, 0.2) is 16.9 Å². The molecule has 0 spiro atoms. The molecule has 10 nitrogen and oxygen atoms in total. The van der Waals surface area contributed by atoms with E-state index in [1.807, 2.05) is 4.72 Å². The van der Waals surface area contributed by atoms with Crippen LogP contribution in [-0.4, -0.2) is 36.8 Å². The number of sulfonamides is 1. The van der Waals surface area contributed by atoms with Gasteiger partial charge in [-0.05, 0) is 30.4 Å². The maximum atomic E-state index is 13.2. The molecule has 0 aliphatic rings. The Hall–Kier alpha value is -2.12. The number of hydrogen-bond donors (Lipinski definition) is 4. The summed E-state index contributed by atoms with van der Waals surface area (Å²) >= 11 is 5.64. The number of hydrogen-bond acceptors (Lipinski definition) is 8. The highest BCUT2D eigenvalue weighted by Crippen LogP contribution is 2.23. The van der Waals surface area contributed by atoms with Crippen molar-refractivity contribution in [3.8, 4) is 0 Å². The summed E-state index contributed by atoms with van der Waals surface area (Å²) in [6.45, 7) is 0. The largest absolute Gasteiger partial charge is 0.309 e. The molecule has 0 aliphatic carbocycles. The van der Waals surface area contributed by atoms with Crippen LogP contribution < -0.4 is 15.9 Å². The van der Waals surface area contributed by atoms with Crippen LogP contribution >= 0.6 is 11.6 Å². The number of nitrogens with zero attached hydrogens (tertiary/aromatic N) is 3. The lowest BCUT2D eigenvalue weighted by Crippen LogP contribution is -2.33. The molecule has 1 atom stereocenters. The lowest BCUT2D eigenvalue weighted by Gasteiger charge is -2.10. The molecule has 0 fully saturated rings. The van der Waals surface area contributed by atoms with Crippen molar-refractivity contribution < 1.29 is 22.6 Å². The number of hydroxylamine groups is 1. The maximum Gasteiger partial charge on any atom is 0.233 e. The second kappa shape index (κ2) is 7.19. The first-order chi connectivity index (χ1) is 11.3. The summed E-state index contributed by atoms with van der Waals surface area (Å²) in [6.07, 6.45) is 0. The first-order valence-corrected chi connectivity index (χ1v) is 8.17. The zero-order valence-corrected chi connectivity index (χ0v) is 13.6. The van der Waals surface area contributed by atoms with Crippen LogP contribution in [0.5, 0.6) is 0 Å². The van der Waals surface area contributed by atoms with Crippen molar-refractivity contribution in [3.05, 3.63) is 40.4 Å². The number of aliphatic imine (C=N–C) groups is 1. The summed E-state index contributed by atoms with van der Waals surface area (Å²) in [5, 5.41) is 14.3. The topological polar surface area (TPSA) is 156 Å². The average molecular weight is 379 g/mol. The van der Waals surface area contributed by atoms with Gasteiger partial charge < -0.3 is 5.73 Å². The van der Waals surface area contributed by atoms with Gasteiger partial charge in [0.2, 0.25) is 10.0 Å². The van der Waals surface area contributed by atoms with Gasteiger partial charge in [-0.1, -0.05) is 16.8 Å². The van der Waals surface area contributed by atoms with Gasteiger partial charge in [-0.3, -0.25) is 10.7 Å². The Labute approximate surface area is 140 Å². The highest BCUT2D eigenvalue weighted by molar-refractivity contribution is 7.89. The van der Waals surface area contributed by atoms with E-state index >= 15 is 0 Å². The molecule has 1 aromatic heterocycles. The lowest BCUT2D eigenvalue weighted by molar-refractivity contribution is 0.234. The van der Waals surface area contributed by atoms with Gasteiger partial charge in [-0.2, -0.15) is 0 Å². The highest BCUT2D eigenvalue weighted by atomic mass is 35.5. The molecule has 1 heterocycles. The predicted molar refractivity (Wildman–Crippen MR) is 81.7 cm³/mol. The molecule has 0 saturated carbocycles. The van der Waals surface area contributed by atoms with Crippen LogP contribution in [0.1, 0.15) is 16.8 Å². The summed E-state index contributed by atoms with van der Waals surface area (Å²) in [7, 11) is -2.77. The zero-order valence-electron chi connectivity index (χ0n) is 12.1. The van der Waals surface area contributed by atoms with Crippen molar-refractivity contribution >= 4 is 33.1 Å². The fourth-order valence-corrected chi connectivity index (χ4v) is 2.51. The number of halogens is 2. The quantitative estimate of drug-likeness (QED) is 0.331. The predicted octanol–water partition coefficient (Wildman–Crippen LogP) is 0.426.